The first-order chi connectivity index (χ1) is 11.5. The van der Waals surface area contributed by atoms with Gasteiger partial charge in [0, 0.05) is 10.3 Å². The molecule has 0 saturated carbocycles. The number of aromatic nitrogens is 1. The van der Waals surface area contributed by atoms with E-state index in [-0.39, 0.29) is 11.5 Å². The molecule has 0 spiro atoms. The van der Waals surface area contributed by atoms with Crippen molar-refractivity contribution in [2.24, 2.45) is 0 Å². The molecule has 7 nitrogen and oxygen atoms in total. The lowest BCUT2D eigenvalue weighted by Gasteiger charge is -2.16. The van der Waals surface area contributed by atoms with Gasteiger partial charge in [-0.2, -0.15) is 0 Å². The molecular formula is C15H13N3O4S2. The molecule has 0 atom stereocenters. The van der Waals surface area contributed by atoms with E-state index in [1.807, 2.05) is 6.92 Å². The zero-order valence-corrected chi connectivity index (χ0v) is 14.3. The van der Waals surface area contributed by atoms with Crippen molar-refractivity contribution >= 4 is 51.7 Å². The summed E-state index contributed by atoms with van der Waals surface area (Å²) in [5.74, 6) is -0.851. The number of rotatable bonds is 4. The van der Waals surface area contributed by atoms with E-state index in [9.17, 15) is 14.4 Å². The average molecular weight is 363 g/mol. The standard InChI is InChI=1S/C15H13N3O4S2/c1-8-6-24-15(16-8)18-12(19)5-22-14(21)9-2-3-11-10(4-9)17-13(20)7-23-11/h2-4,6H,5,7H2,1H3,(H,17,20)(H,16,18,19). The first-order valence-corrected chi connectivity index (χ1v) is 8.83. The van der Waals surface area contributed by atoms with Gasteiger partial charge in [0.1, 0.15) is 0 Å². The smallest absolute Gasteiger partial charge is 0.338 e. The number of benzene rings is 1. The summed E-state index contributed by atoms with van der Waals surface area (Å²) in [7, 11) is 0. The Hall–Kier alpha value is -2.39. The Labute approximate surface area is 145 Å². The van der Waals surface area contributed by atoms with Crippen molar-refractivity contribution in [1.29, 1.82) is 0 Å². The first kappa shape index (κ1) is 16.5. The van der Waals surface area contributed by atoms with E-state index in [1.165, 1.54) is 23.1 Å². The molecule has 1 aromatic carbocycles. The zero-order chi connectivity index (χ0) is 17.1. The van der Waals surface area contributed by atoms with E-state index in [2.05, 4.69) is 15.6 Å². The first-order valence-electron chi connectivity index (χ1n) is 6.97. The largest absolute Gasteiger partial charge is 0.452 e. The van der Waals surface area contributed by atoms with Gasteiger partial charge in [-0.15, -0.1) is 23.1 Å². The number of carbonyl (C=O) groups is 3. The third-order valence-corrected chi connectivity index (χ3v) is 5.00. The Morgan fingerprint density at radius 1 is 1.42 bits per heavy atom. The molecule has 2 aromatic rings. The van der Waals surface area contributed by atoms with Crippen LogP contribution in [0.2, 0.25) is 0 Å². The Balaban J connectivity index is 1.58. The number of nitrogens with zero attached hydrogens (tertiary/aromatic N) is 1. The summed E-state index contributed by atoms with van der Waals surface area (Å²) in [6.45, 7) is 1.41. The van der Waals surface area contributed by atoms with Crippen LogP contribution in [0.1, 0.15) is 16.1 Å². The molecule has 3 rings (SSSR count). The summed E-state index contributed by atoms with van der Waals surface area (Å²) in [5, 5.41) is 7.52. The number of anilines is 2. The van der Waals surface area contributed by atoms with Gasteiger partial charge < -0.3 is 10.1 Å². The van der Waals surface area contributed by atoms with Crippen molar-refractivity contribution in [3.8, 4) is 0 Å². The van der Waals surface area contributed by atoms with Crippen molar-refractivity contribution in [3.63, 3.8) is 0 Å². The molecule has 0 bridgehead atoms. The van der Waals surface area contributed by atoms with Gasteiger partial charge in [-0.05, 0) is 25.1 Å². The van der Waals surface area contributed by atoms with E-state index < -0.39 is 18.5 Å². The molecule has 0 fully saturated rings. The molecule has 2 amide bonds. The normalized spacial score (nSPS) is 13.0. The molecule has 24 heavy (non-hydrogen) atoms. The molecule has 1 aromatic heterocycles. The topological polar surface area (TPSA) is 97.4 Å². The summed E-state index contributed by atoms with van der Waals surface area (Å²) in [6.07, 6.45) is 0. The van der Waals surface area contributed by atoms with Gasteiger partial charge in [0.2, 0.25) is 5.91 Å². The lowest BCUT2D eigenvalue weighted by Crippen LogP contribution is -2.21. The fraction of sp³-hybridized carbons (Fsp3) is 0.200. The lowest BCUT2D eigenvalue weighted by molar-refractivity contribution is -0.119. The summed E-state index contributed by atoms with van der Waals surface area (Å²) >= 11 is 2.70. The van der Waals surface area contributed by atoms with Crippen LogP contribution in [0, 0.1) is 6.92 Å². The summed E-state index contributed by atoms with van der Waals surface area (Å²) < 4.78 is 4.99. The fourth-order valence-electron chi connectivity index (χ4n) is 1.99. The minimum Gasteiger partial charge on any atom is -0.452 e. The highest BCUT2D eigenvalue weighted by atomic mass is 32.2. The maximum Gasteiger partial charge on any atom is 0.338 e. The summed E-state index contributed by atoms with van der Waals surface area (Å²) in [4.78, 5) is 40.2. The van der Waals surface area contributed by atoms with Crippen molar-refractivity contribution < 1.29 is 19.1 Å². The van der Waals surface area contributed by atoms with E-state index in [0.717, 1.165) is 10.6 Å². The number of hydrogen-bond donors (Lipinski definition) is 2. The van der Waals surface area contributed by atoms with Crippen LogP contribution >= 0.6 is 23.1 Å². The third kappa shape index (κ3) is 3.92. The number of amides is 2. The van der Waals surface area contributed by atoms with Crippen LogP contribution in [0.15, 0.2) is 28.5 Å². The molecule has 124 valence electrons. The minimum atomic E-state index is -0.631. The Morgan fingerprint density at radius 3 is 3.00 bits per heavy atom. The number of ether oxygens (including phenoxy) is 1. The van der Waals surface area contributed by atoms with Gasteiger partial charge in [0.15, 0.2) is 11.7 Å². The Bertz CT molecular complexity index is 819. The van der Waals surface area contributed by atoms with Crippen LogP contribution in [0.25, 0.3) is 0 Å². The van der Waals surface area contributed by atoms with E-state index in [0.29, 0.717) is 16.6 Å². The predicted octanol–water partition coefficient (Wildman–Crippen LogP) is 2.29. The molecule has 0 unspecified atom stereocenters. The molecule has 1 aliphatic rings. The van der Waals surface area contributed by atoms with Gasteiger partial charge in [0.05, 0.1) is 22.7 Å². The molecule has 2 heterocycles. The highest BCUT2D eigenvalue weighted by molar-refractivity contribution is 8.00. The SMILES string of the molecule is Cc1csc(NC(=O)COC(=O)c2ccc3c(c2)NC(=O)CS3)n1. The number of thiazole rings is 1. The van der Waals surface area contributed by atoms with Crippen LogP contribution in [0.4, 0.5) is 10.8 Å². The molecule has 1 aliphatic heterocycles. The molecule has 9 heteroatoms. The zero-order valence-electron chi connectivity index (χ0n) is 12.6. The summed E-state index contributed by atoms with van der Waals surface area (Å²) in [5.41, 5.74) is 1.66. The Kier molecular flexibility index (Phi) is 4.81. The monoisotopic (exact) mass is 363 g/mol. The minimum absolute atomic E-state index is 0.115. The van der Waals surface area contributed by atoms with Crippen LogP contribution in [-0.4, -0.2) is 35.1 Å². The van der Waals surface area contributed by atoms with Gasteiger partial charge >= 0.3 is 5.97 Å². The van der Waals surface area contributed by atoms with Crippen molar-refractivity contribution in [2.75, 3.05) is 23.0 Å². The maximum absolute atomic E-state index is 12.0. The highest BCUT2D eigenvalue weighted by Gasteiger charge is 2.18. The number of carbonyl (C=O) groups excluding carboxylic acids is 3. The van der Waals surface area contributed by atoms with Crippen molar-refractivity contribution in [1.82, 2.24) is 4.98 Å². The van der Waals surface area contributed by atoms with Gasteiger partial charge in [0.25, 0.3) is 5.91 Å². The lowest BCUT2D eigenvalue weighted by atomic mass is 10.2. The van der Waals surface area contributed by atoms with Crippen LogP contribution in [-0.2, 0) is 14.3 Å². The number of aryl methyl sites for hydroxylation is 1. The van der Waals surface area contributed by atoms with Gasteiger partial charge in [-0.25, -0.2) is 9.78 Å². The van der Waals surface area contributed by atoms with E-state index in [4.69, 9.17) is 4.74 Å². The molecular weight excluding hydrogens is 350 g/mol. The predicted molar refractivity (Wildman–Crippen MR) is 91.6 cm³/mol. The number of nitrogens with one attached hydrogen (secondary N) is 2. The van der Waals surface area contributed by atoms with Crippen LogP contribution in [0.3, 0.4) is 0 Å². The molecule has 0 radical (unpaired) electrons. The molecule has 0 saturated heterocycles. The number of thioether (sulfide) groups is 1. The van der Waals surface area contributed by atoms with Crippen LogP contribution < -0.4 is 10.6 Å². The van der Waals surface area contributed by atoms with Gasteiger partial charge in [-0.3, -0.25) is 14.9 Å². The Morgan fingerprint density at radius 2 is 2.25 bits per heavy atom. The molecule has 2 N–H and O–H groups in total. The second kappa shape index (κ2) is 7.02. The van der Waals surface area contributed by atoms with E-state index in [1.54, 1.807) is 23.6 Å². The maximum atomic E-state index is 12.0. The van der Waals surface area contributed by atoms with Crippen molar-refractivity contribution in [2.45, 2.75) is 11.8 Å². The van der Waals surface area contributed by atoms with E-state index >= 15 is 0 Å². The third-order valence-electron chi connectivity index (χ3n) is 3.05. The number of hydrogen-bond acceptors (Lipinski definition) is 7. The summed E-state index contributed by atoms with van der Waals surface area (Å²) in [6, 6.07) is 4.89. The molecule has 0 aliphatic carbocycles. The van der Waals surface area contributed by atoms with Crippen LogP contribution in [0.5, 0.6) is 0 Å². The average Bonchev–Trinajstić information content (AvgIpc) is 2.96. The quantitative estimate of drug-likeness (QED) is 0.809. The second-order valence-electron chi connectivity index (χ2n) is 4.97. The second-order valence-corrected chi connectivity index (χ2v) is 6.84. The highest BCUT2D eigenvalue weighted by Crippen LogP contribution is 2.32. The number of esters is 1. The fourth-order valence-corrected chi connectivity index (χ4v) is 3.48. The van der Waals surface area contributed by atoms with Crippen molar-refractivity contribution in [3.05, 3.63) is 34.8 Å². The number of fused-ring (bicyclic) bond motifs is 1. The van der Waals surface area contributed by atoms with Gasteiger partial charge in [-0.1, -0.05) is 0 Å².